The normalized spacial score (nSPS) is 19.2. The van der Waals surface area contributed by atoms with Gasteiger partial charge in [0.05, 0.1) is 0 Å². The van der Waals surface area contributed by atoms with Crippen molar-refractivity contribution in [2.45, 2.75) is 6.92 Å². The summed E-state index contributed by atoms with van der Waals surface area (Å²) in [5, 5.41) is 0. The molecule has 0 bridgehead atoms. The predicted molar refractivity (Wildman–Crippen MR) is 54.5 cm³/mol. The van der Waals surface area contributed by atoms with Crippen LogP contribution in [0.25, 0.3) is 0 Å². The minimum Gasteiger partial charge on any atom is -0.295 e. The number of allylic oxidation sites excluding steroid dienone is 2. The number of hydrogen-bond donors (Lipinski definition) is 0. The van der Waals surface area contributed by atoms with Crippen molar-refractivity contribution in [3.8, 4) is 0 Å². The zero-order valence-corrected chi connectivity index (χ0v) is 11.7. The van der Waals surface area contributed by atoms with Gasteiger partial charge in [-0.3, -0.25) is 16.3 Å². The molecule has 1 saturated heterocycles. The van der Waals surface area contributed by atoms with Crippen LogP contribution in [0.4, 0.5) is 0 Å². The number of rotatable bonds is 2. The third-order valence-corrected chi connectivity index (χ3v) is 2.83. The molecule has 0 aromatic carbocycles. The van der Waals surface area contributed by atoms with Gasteiger partial charge >= 0.3 is 0 Å². The van der Waals surface area contributed by atoms with Gasteiger partial charge < -0.3 is 0 Å². The Hall–Kier alpha value is 0.494. The fraction of sp³-hybridized carbons (Fsp3) is 0.250. The van der Waals surface area contributed by atoms with Crippen LogP contribution >= 0.6 is 24.0 Å². The summed E-state index contributed by atoms with van der Waals surface area (Å²) in [6.07, 6.45) is 2.93. The fourth-order valence-corrected chi connectivity index (χ4v) is 2.21. The van der Waals surface area contributed by atoms with Crippen LogP contribution in [0, 0.1) is 6.58 Å². The summed E-state index contributed by atoms with van der Waals surface area (Å²) in [6, 6.07) is 0. The van der Waals surface area contributed by atoms with Crippen LogP contribution in [0.1, 0.15) is 6.92 Å². The van der Waals surface area contributed by atoms with Crippen LogP contribution in [0.5, 0.6) is 0 Å². The number of likely N-dealkylation sites (N-methyl/N-ethyl adjacent to an activating group) is 1. The van der Waals surface area contributed by atoms with E-state index >= 15 is 0 Å². The SMILES string of the molecule is [CH-]=C/C=C1\SC(=S)N(CC)C1=O.[Y]. The van der Waals surface area contributed by atoms with Crippen molar-refractivity contribution in [2.75, 3.05) is 6.54 Å². The molecule has 1 rings (SSSR count). The van der Waals surface area contributed by atoms with E-state index in [-0.39, 0.29) is 38.6 Å². The van der Waals surface area contributed by atoms with Crippen LogP contribution in [0.15, 0.2) is 17.1 Å². The fourth-order valence-electron chi connectivity index (χ4n) is 0.874. The van der Waals surface area contributed by atoms with Gasteiger partial charge in [0.25, 0.3) is 0 Å². The first-order chi connectivity index (χ1) is 5.70. The molecule has 67 valence electrons. The van der Waals surface area contributed by atoms with E-state index in [4.69, 9.17) is 18.8 Å². The molecule has 5 heteroatoms. The van der Waals surface area contributed by atoms with Gasteiger partial charge in [-0.1, -0.05) is 24.0 Å². The van der Waals surface area contributed by atoms with E-state index in [1.165, 1.54) is 17.8 Å². The average molecular weight is 287 g/mol. The van der Waals surface area contributed by atoms with E-state index in [1.807, 2.05) is 6.92 Å². The topological polar surface area (TPSA) is 20.3 Å². The summed E-state index contributed by atoms with van der Waals surface area (Å²) >= 11 is 6.27. The first-order valence-corrected chi connectivity index (χ1v) is 4.72. The summed E-state index contributed by atoms with van der Waals surface area (Å²) < 4.78 is 0.607. The smallest absolute Gasteiger partial charge is 0.248 e. The molecule has 1 fully saturated rings. The van der Waals surface area contributed by atoms with Crippen molar-refractivity contribution < 1.29 is 37.5 Å². The molecular formula is C8H8NOS2Y-. The second-order valence-corrected chi connectivity index (χ2v) is 3.82. The van der Waals surface area contributed by atoms with Gasteiger partial charge in [0.2, 0.25) is 5.91 Å². The molecule has 0 saturated carbocycles. The Labute approximate surface area is 113 Å². The number of nitrogens with zero attached hydrogens (tertiary/aromatic N) is 1. The molecule has 1 amide bonds. The molecule has 0 atom stereocenters. The number of hydrogen-bond acceptors (Lipinski definition) is 3. The minimum absolute atomic E-state index is 0. The maximum absolute atomic E-state index is 11.4. The Kier molecular flexibility index (Phi) is 6.30. The molecule has 1 heterocycles. The van der Waals surface area contributed by atoms with E-state index in [1.54, 1.807) is 11.0 Å². The van der Waals surface area contributed by atoms with Crippen molar-refractivity contribution in [2.24, 2.45) is 0 Å². The zero-order chi connectivity index (χ0) is 9.14. The van der Waals surface area contributed by atoms with Crippen molar-refractivity contribution in [3.63, 3.8) is 0 Å². The van der Waals surface area contributed by atoms with Gasteiger partial charge in [0.1, 0.15) is 4.32 Å². The Morgan fingerprint density at radius 3 is 2.69 bits per heavy atom. The summed E-state index contributed by atoms with van der Waals surface area (Å²) in [4.78, 5) is 13.6. The van der Waals surface area contributed by atoms with Crippen LogP contribution < -0.4 is 0 Å². The Bertz CT molecular complexity index is 275. The standard InChI is InChI=1S/C8H8NOS2.Y/c1-3-5-6-7(10)9(4-2)8(11)12-6;/h1,3,5H,4H2,2H3;/q-1;/b6-5-;. The second-order valence-electron chi connectivity index (χ2n) is 2.14. The second kappa shape index (κ2) is 6.07. The van der Waals surface area contributed by atoms with Crippen molar-refractivity contribution in [3.05, 3.63) is 23.6 Å². The first-order valence-electron chi connectivity index (χ1n) is 3.49. The van der Waals surface area contributed by atoms with E-state index in [0.29, 0.717) is 15.8 Å². The monoisotopic (exact) mass is 287 g/mol. The number of thiocarbonyl (C=S) groups is 1. The van der Waals surface area contributed by atoms with E-state index < -0.39 is 0 Å². The van der Waals surface area contributed by atoms with Gasteiger partial charge in [0, 0.05) is 39.3 Å². The predicted octanol–water partition coefficient (Wildman–Crippen LogP) is 1.74. The minimum atomic E-state index is -0.0470. The molecular weight excluding hydrogens is 279 g/mol. The van der Waals surface area contributed by atoms with E-state index in [2.05, 4.69) is 0 Å². The maximum atomic E-state index is 11.4. The number of carbonyl (C=O) groups excluding carboxylic acids is 1. The molecule has 1 aliphatic heterocycles. The van der Waals surface area contributed by atoms with Crippen molar-refractivity contribution in [1.82, 2.24) is 4.90 Å². The Morgan fingerprint density at radius 2 is 2.31 bits per heavy atom. The van der Waals surface area contributed by atoms with Gasteiger partial charge in [-0.25, -0.2) is 6.08 Å². The van der Waals surface area contributed by atoms with Crippen LogP contribution in [0.3, 0.4) is 0 Å². The molecule has 0 unspecified atom stereocenters. The number of amides is 1. The van der Waals surface area contributed by atoms with Gasteiger partial charge in [0.15, 0.2) is 0 Å². The molecule has 0 aliphatic carbocycles. The van der Waals surface area contributed by atoms with Crippen LogP contribution in [0.2, 0.25) is 0 Å². The third-order valence-electron chi connectivity index (χ3n) is 1.44. The Balaban J connectivity index is 0.00000144. The van der Waals surface area contributed by atoms with Crippen molar-refractivity contribution >= 4 is 34.2 Å². The molecule has 13 heavy (non-hydrogen) atoms. The molecule has 2 nitrogen and oxygen atoms in total. The average Bonchev–Trinajstić information content (AvgIpc) is 2.29. The molecule has 0 aromatic rings. The van der Waals surface area contributed by atoms with E-state index in [0.717, 1.165) is 0 Å². The van der Waals surface area contributed by atoms with Crippen LogP contribution in [-0.2, 0) is 37.5 Å². The quantitative estimate of drug-likeness (QED) is 0.438. The van der Waals surface area contributed by atoms with Crippen molar-refractivity contribution in [1.29, 1.82) is 0 Å². The molecule has 1 radical (unpaired) electrons. The number of thioether (sulfide) groups is 1. The number of carbonyl (C=O) groups is 1. The third kappa shape index (κ3) is 2.98. The largest absolute Gasteiger partial charge is 0.295 e. The maximum Gasteiger partial charge on any atom is 0.248 e. The summed E-state index contributed by atoms with van der Waals surface area (Å²) in [5.74, 6) is -0.0470. The van der Waals surface area contributed by atoms with Gasteiger partial charge in [-0.15, -0.1) is 0 Å². The van der Waals surface area contributed by atoms with Gasteiger partial charge in [-0.05, 0) is 11.8 Å². The van der Waals surface area contributed by atoms with Crippen LogP contribution in [-0.4, -0.2) is 21.7 Å². The molecule has 0 aromatic heterocycles. The van der Waals surface area contributed by atoms with Gasteiger partial charge in [-0.2, -0.15) is 6.08 Å². The first kappa shape index (κ1) is 13.5. The summed E-state index contributed by atoms with van der Waals surface area (Å²) in [5.41, 5.74) is 0. The summed E-state index contributed by atoms with van der Waals surface area (Å²) in [6.45, 7) is 7.68. The zero-order valence-electron chi connectivity index (χ0n) is 7.19. The van der Waals surface area contributed by atoms with E-state index in [9.17, 15) is 4.79 Å². The molecule has 0 N–H and O–H groups in total. The molecule has 0 spiro atoms. The summed E-state index contributed by atoms with van der Waals surface area (Å²) in [7, 11) is 0. The molecule has 1 aliphatic rings. The Morgan fingerprint density at radius 1 is 1.69 bits per heavy atom.